The highest BCUT2D eigenvalue weighted by Gasteiger charge is 2.47. The highest BCUT2D eigenvalue weighted by molar-refractivity contribution is 5.96. The first-order valence-corrected chi connectivity index (χ1v) is 9.20. The number of hydrogen-bond donors (Lipinski definition) is 2. The van der Waals surface area contributed by atoms with Crippen LogP contribution in [0.4, 0.5) is 0 Å². The quantitative estimate of drug-likeness (QED) is 0.760. The third-order valence-electron chi connectivity index (χ3n) is 4.98. The van der Waals surface area contributed by atoms with E-state index in [-0.39, 0.29) is 29.4 Å². The molecule has 25 heavy (non-hydrogen) atoms. The van der Waals surface area contributed by atoms with Crippen LogP contribution < -0.4 is 10.6 Å². The lowest BCUT2D eigenvalue weighted by molar-refractivity contribution is -0.126. The molecule has 2 amide bonds. The zero-order valence-electron chi connectivity index (χ0n) is 14.9. The average molecular weight is 342 g/mol. The first-order valence-electron chi connectivity index (χ1n) is 9.20. The summed E-state index contributed by atoms with van der Waals surface area (Å²) in [6.45, 7) is 4.61. The summed E-state index contributed by atoms with van der Waals surface area (Å²) >= 11 is 0. The first kappa shape index (κ1) is 17.6. The monoisotopic (exact) mass is 342 g/mol. The van der Waals surface area contributed by atoms with E-state index in [2.05, 4.69) is 10.6 Å². The maximum Gasteiger partial charge on any atom is 0.251 e. The number of nitrogens with one attached hydrogen (secondary N) is 2. The Morgan fingerprint density at radius 1 is 1.16 bits per heavy atom. The lowest BCUT2D eigenvalue weighted by Gasteiger charge is -2.09. The molecule has 2 aliphatic rings. The minimum absolute atomic E-state index is 0.00511. The first-order chi connectivity index (χ1) is 12.0. The third-order valence-corrected chi connectivity index (χ3v) is 4.98. The Balaban J connectivity index is 1.59. The van der Waals surface area contributed by atoms with Crippen LogP contribution in [0.1, 0.15) is 54.1 Å². The molecule has 1 aromatic carbocycles. The number of benzene rings is 1. The highest BCUT2D eigenvalue weighted by atomic mass is 16.2. The Kier molecular flexibility index (Phi) is 5.21. The van der Waals surface area contributed by atoms with Gasteiger partial charge in [-0.1, -0.05) is 13.0 Å². The van der Waals surface area contributed by atoms with Gasteiger partial charge in [-0.2, -0.15) is 0 Å². The van der Waals surface area contributed by atoms with Crippen molar-refractivity contribution in [1.82, 2.24) is 10.6 Å². The molecule has 3 rings (SSSR count). The maximum absolute atomic E-state index is 12.5. The normalized spacial score (nSPS) is 21.5. The Morgan fingerprint density at radius 3 is 2.60 bits per heavy atom. The largest absolute Gasteiger partial charge is 0.356 e. The Morgan fingerprint density at radius 2 is 1.92 bits per heavy atom. The third kappa shape index (κ3) is 4.47. The molecule has 2 saturated carbocycles. The summed E-state index contributed by atoms with van der Waals surface area (Å²) in [6, 6.07) is 5.83. The fourth-order valence-corrected chi connectivity index (χ4v) is 3.04. The van der Waals surface area contributed by atoms with Gasteiger partial charge in [0.05, 0.1) is 0 Å². The van der Waals surface area contributed by atoms with Crippen molar-refractivity contribution in [2.24, 2.45) is 11.8 Å². The van der Waals surface area contributed by atoms with Crippen LogP contribution in [0.2, 0.25) is 0 Å². The van der Waals surface area contributed by atoms with Crippen LogP contribution in [0.3, 0.4) is 0 Å². The van der Waals surface area contributed by atoms with Crippen molar-refractivity contribution in [2.75, 3.05) is 6.54 Å². The van der Waals surface area contributed by atoms with E-state index in [1.54, 1.807) is 6.07 Å². The van der Waals surface area contributed by atoms with Crippen LogP contribution in [-0.4, -0.2) is 30.2 Å². The van der Waals surface area contributed by atoms with Crippen molar-refractivity contribution < 1.29 is 14.4 Å². The summed E-state index contributed by atoms with van der Waals surface area (Å²) in [5, 5.41) is 5.83. The van der Waals surface area contributed by atoms with E-state index in [0.717, 1.165) is 30.4 Å². The van der Waals surface area contributed by atoms with Crippen LogP contribution in [0.25, 0.3) is 0 Å². The van der Waals surface area contributed by atoms with Gasteiger partial charge in [-0.15, -0.1) is 0 Å². The van der Waals surface area contributed by atoms with Gasteiger partial charge in [0.1, 0.15) is 5.78 Å². The summed E-state index contributed by atoms with van der Waals surface area (Å²) in [6.07, 6.45) is 3.93. The standard InChI is InChI=1S/C20H26N2O3/c1-3-8-21-20(25)17-11-16(17)18(23)10-14-9-13(5-4-12(14)2)19(24)22-15-6-7-15/h4-5,9,15-17H,3,6-8,10-11H2,1-2H3,(H,21,25)(H,22,24). The van der Waals surface area contributed by atoms with E-state index in [1.165, 1.54) is 0 Å². The number of aryl methyl sites for hydroxylation is 1. The second-order valence-corrected chi connectivity index (χ2v) is 7.27. The molecule has 1 aromatic rings. The Hall–Kier alpha value is -2.17. The predicted molar refractivity (Wildman–Crippen MR) is 95.3 cm³/mol. The van der Waals surface area contributed by atoms with Crippen molar-refractivity contribution >= 4 is 17.6 Å². The fraction of sp³-hybridized carbons (Fsp3) is 0.550. The lowest BCUT2D eigenvalue weighted by atomic mass is 9.98. The second kappa shape index (κ2) is 7.38. The number of carbonyl (C=O) groups excluding carboxylic acids is 3. The molecular weight excluding hydrogens is 316 g/mol. The smallest absolute Gasteiger partial charge is 0.251 e. The summed E-state index contributed by atoms with van der Waals surface area (Å²) in [5.41, 5.74) is 2.49. The number of ketones is 1. The van der Waals surface area contributed by atoms with Gasteiger partial charge in [0, 0.05) is 36.4 Å². The average Bonchev–Trinajstić information content (AvgIpc) is 3.48. The van der Waals surface area contributed by atoms with Crippen LogP contribution in [0, 0.1) is 18.8 Å². The van der Waals surface area contributed by atoms with Gasteiger partial charge in [-0.3, -0.25) is 14.4 Å². The molecule has 0 aromatic heterocycles. The van der Waals surface area contributed by atoms with E-state index < -0.39 is 0 Å². The van der Waals surface area contributed by atoms with Crippen molar-refractivity contribution in [2.45, 2.75) is 52.0 Å². The van der Waals surface area contributed by atoms with Gasteiger partial charge >= 0.3 is 0 Å². The molecule has 2 atom stereocenters. The molecule has 0 aliphatic heterocycles. The van der Waals surface area contributed by atoms with Crippen LogP contribution in [0.5, 0.6) is 0 Å². The molecule has 134 valence electrons. The van der Waals surface area contributed by atoms with E-state index >= 15 is 0 Å². The van der Waals surface area contributed by atoms with Crippen molar-refractivity contribution in [3.63, 3.8) is 0 Å². The fourth-order valence-electron chi connectivity index (χ4n) is 3.04. The van der Waals surface area contributed by atoms with Gasteiger partial charge in [0.2, 0.25) is 5.91 Å². The molecule has 5 nitrogen and oxygen atoms in total. The van der Waals surface area contributed by atoms with Gasteiger partial charge in [-0.25, -0.2) is 0 Å². The Labute approximate surface area is 148 Å². The molecule has 0 spiro atoms. The van der Waals surface area contributed by atoms with Crippen LogP contribution in [-0.2, 0) is 16.0 Å². The molecule has 2 N–H and O–H groups in total. The molecule has 0 bridgehead atoms. The zero-order valence-corrected chi connectivity index (χ0v) is 14.9. The summed E-state index contributed by atoms with van der Waals surface area (Å²) in [5.74, 6) is -0.311. The summed E-state index contributed by atoms with van der Waals surface area (Å²) in [7, 11) is 0. The van der Waals surface area contributed by atoms with Gasteiger partial charge in [0.15, 0.2) is 0 Å². The molecule has 0 saturated heterocycles. The van der Waals surface area contributed by atoms with Gasteiger partial charge < -0.3 is 10.6 Å². The number of hydrogen-bond acceptors (Lipinski definition) is 3. The minimum Gasteiger partial charge on any atom is -0.356 e. The SMILES string of the molecule is CCCNC(=O)C1CC1C(=O)Cc1cc(C(=O)NC2CC2)ccc1C. The maximum atomic E-state index is 12.5. The molecule has 2 aliphatic carbocycles. The lowest BCUT2D eigenvalue weighted by Crippen LogP contribution is -2.27. The predicted octanol–water partition coefficient (Wildman–Crippen LogP) is 2.16. The zero-order chi connectivity index (χ0) is 18.0. The number of amides is 2. The minimum atomic E-state index is -0.166. The molecule has 0 heterocycles. The molecule has 5 heteroatoms. The van der Waals surface area contributed by atoms with E-state index in [4.69, 9.17) is 0 Å². The van der Waals surface area contributed by atoms with E-state index in [9.17, 15) is 14.4 Å². The molecule has 2 fully saturated rings. The Bertz CT molecular complexity index is 694. The topological polar surface area (TPSA) is 75.3 Å². The number of carbonyl (C=O) groups is 3. The molecule has 2 unspecified atom stereocenters. The van der Waals surface area contributed by atoms with Crippen LogP contribution >= 0.6 is 0 Å². The van der Waals surface area contributed by atoms with E-state index in [0.29, 0.717) is 31.0 Å². The molecular formula is C20H26N2O3. The van der Waals surface area contributed by atoms with Gasteiger partial charge in [-0.05, 0) is 55.9 Å². The van der Waals surface area contributed by atoms with E-state index in [1.807, 2.05) is 26.0 Å². The van der Waals surface area contributed by atoms with Crippen LogP contribution in [0.15, 0.2) is 18.2 Å². The number of Topliss-reactive ketones (excluding diaryl/α,β-unsaturated/α-hetero) is 1. The van der Waals surface area contributed by atoms with Crippen molar-refractivity contribution in [1.29, 1.82) is 0 Å². The second-order valence-electron chi connectivity index (χ2n) is 7.27. The van der Waals surface area contributed by atoms with Gasteiger partial charge in [0.25, 0.3) is 5.91 Å². The van der Waals surface area contributed by atoms with Crippen molar-refractivity contribution in [3.8, 4) is 0 Å². The molecule has 0 radical (unpaired) electrons. The number of rotatable bonds is 8. The highest BCUT2D eigenvalue weighted by Crippen LogP contribution is 2.40. The van der Waals surface area contributed by atoms with Crippen molar-refractivity contribution in [3.05, 3.63) is 34.9 Å². The summed E-state index contributed by atoms with van der Waals surface area (Å²) < 4.78 is 0. The summed E-state index contributed by atoms with van der Waals surface area (Å²) in [4.78, 5) is 36.6.